The number of hydrogen-bond acceptors (Lipinski definition) is 4. The Morgan fingerprint density at radius 3 is 2.94 bits per heavy atom. The Bertz CT molecular complexity index is 507. The van der Waals surface area contributed by atoms with E-state index in [9.17, 15) is 9.59 Å². The van der Waals surface area contributed by atoms with Crippen molar-refractivity contribution in [3.05, 3.63) is 21.3 Å². The molecule has 2 rings (SSSR count). The van der Waals surface area contributed by atoms with Gasteiger partial charge >= 0.3 is 5.97 Å². The summed E-state index contributed by atoms with van der Waals surface area (Å²) in [6, 6.07) is 1.79. The van der Waals surface area contributed by atoms with Crippen molar-refractivity contribution in [2.45, 2.75) is 6.42 Å². The lowest BCUT2D eigenvalue weighted by atomic mass is 10.1. The predicted octanol–water partition coefficient (Wildman–Crippen LogP) is 2.13. The number of amides is 1. The first-order chi connectivity index (χ1) is 8.52. The number of pyridine rings is 1. The van der Waals surface area contributed by atoms with Crippen LogP contribution in [-0.4, -0.2) is 30.5 Å². The molecule has 2 heterocycles. The van der Waals surface area contributed by atoms with E-state index < -0.39 is 5.92 Å². The highest BCUT2D eigenvalue weighted by Crippen LogP contribution is 2.32. The smallest absolute Gasteiger partial charge is 0.311 e. The molecule has 0 bridgehead atoms. The third-order valence-corrected chi connectivity index (χ3v) is 3.78. The van der Waals surface area contributed by atoms with Crippen LogP contribution in [0.1, 0.15) is 6.42 Å². The Morgan fingerprint density at radius 2 is 2.28 bits per heavy atom. The average Bonchev–Trinajstić information content (AvgIpc) is 2.73. The number of esters is 1. The van der Waals surface area contributed by atoms with E-state index in [2.05, 4.69) is 41.6 Å². The first-order valence-corrected chi connectivity index (χ1v) is 6.80. The van der Waals surface area contributed by atoms with Crippen LogP contribution in [0.15, 0.2) is 21.3 Å². The summed E-state index contributed by atoms with van der Waals surface area (Å²) >= 11 is 6.61. The zero-order valence-electron chi connectivity index (χ0n) is 9.52. The van der Waals surface area contributed by atoms with E-state index in [1.165, 1.54) is 7.11 Å². The van der Waals surface area contributed by atoms with E-state index >= 15 is 0 Å². The van der Waals surface area contributed by atoms with Crippen LogP contribution < -0.4 is 4.90 Å². The van der Waals surface area contributed by atoms with Crippen molar-refractivity contribution in [3.8, 4) is 0 Å². The molecule has 5 nitrogen and oxygen atoms in total. The predicted molar refractivity (Wildman–Crippen MR) is 72.1 cm³/mol. The van der Waals surface area contributed by atoms with Gasteiger partial charge < -0.3 is 9.64 Å². The van der Waals surface area contributed by atoms with Crippen molar-refractivity contribution in [2.24, 2.45) is 5.92 Å². The zero-order chi connectivity index (χ0) is 13.3. The van der Waals surface area contributed by atoms with E-state index in [0.29, 0.717) is 16.8 Å². The van der Waals surface area contributed by atoms with Crippen molar-refractivity contribution in [3.63, 3.8) is 0 Å². The summed E-state index contributed by atoms with van der Waals surface area (Å²) in [4.78, 5) is 29.0. The van der Waals surface area contributed by atoms with Gasteiger partial charge in [0.1, 0.15) is 4.60 Å². The first-order valence-electron chi connectivity index (χ1n) is 5.22. The number of halogens is 2. The number of aromatic nitrogens is 1. The summed E-state index contributed by atoms with van der Waals surface area (Å²) in [7, 11) is 1.33. The van der Waals surface area contributed by atoms with E-state index in [1.807, 2.05) is 0 Å². The molecule has 1 unspecified atom stereocenters. The number of carbonyl (C=O) groups is 2. The van der Waals surface area contributed by atoms with Gasteiger partial charge in [-0.05, 0) is 37.9 Å². The molecule has 0 saturated carbocycles. The molecule has 1 aliphatic rings. The topological polar surface area (TPSA) is 59.5 Å². The maximum absolute atomic E-state index is 11.9. The van der Waals surface area contributed by atoms with Crippen molar-refractivity contribution in [2.75, 3.05) is 18.6 Å². The Hall–Kier alpha value is -0.950. The Balaban J connectivity index is 2.27. The minimum Gasteiger partial charge on any atom is -0.469 e. The first kappa shape index (κ1) is 13.5. The molecule has 1 saturated heterocycles. The molecule has 0 spiro atoms. The fraction of sp³-hybridized carbons (Fsp3) is 0.364. The van der Waals surface area contributed by atoms with Gasteiger partial charge in [0.15, 0.2) is 0 Å². The lowest BCUT2D eigenvalue weighted by Gasteiger charge is -2.17. The number of anilines is 1. The number of rotatable bonds is 2. The monoisotopic (exact) mass is 376 g/mol. The van der Waals surface area contributed by atoms with Gasteiger partial charge in [0.2, 0.25) is 5.91 Å². The number of ether oxygens (including phenoxy) is 1. The van der Waals surface area contributed by atoms with Crippen LogP contribution in [0.5, 0.6) is 0 Å². The van der Waals surface area contributed by atoms with Crippen LogP contribution in [0, 0.1) is 5.92 Å². The van der Waals surface area contributed by atoms with Crippen LogP contribution in [0.4, 0.5) is 5.69 Å². The quantitative estimate of drug-likeness (QED) is 0.585. The molecule has 1 atom stereocenters. The maximum Gasteiger partial charge on any atom is 0.311 e. The molecule has 1 aromatic rings. The lowest BCUT2D eigenvalue weighted by molar-refractivity contribution is -0.145. The van der Waals surface area contributed by atoms with Gasteiger partial charge in [0, 0.05) is 23.6 Å². The molecule has 18 heavy (non-hydrogen) atoms. The average molecular weight is 378 g/mol. The second-order valence-corrected chi connectivity index (χ2v) is 5.56. The van der Waals surface area contributed by atoms with Crippen LogP contribution >= 0.6 is 31.9 Å². The molecule has 0 N–H and O–H groups in total. The standard InChI is InChI=1S/C11H10Br2N2O3/c1-18-11(17)6-2-9(16)15(5-6)8-3-7(12)4-14-10(8)13/h3-4,6H,2,5H2,1H3. The van der Waals surface area contributed by atoms with Gasteiger partial charge in [-0.1, -0.05) is 0 Å². The summed E-state index contributed by atoms with van der Waals surface area (Å²) < 4.78 is 6.01. The third kappa shape index (κ3) is 2.56. The van der Waals surface area contributed by atoms with Crippen LogP contribution in [-0.2, 0) is 14.3 Å². The van der Waals surface area contributed by atoms with E-state index in [1.54, 1.807) is 17.2 Å². The maximum atomic E-state index is 11.9. The number of hydrogen-bond donors (Lipinski definition) is 0. The van der Waals surface area contributed by atoms with Gasteiger partial charge in [0.25, 0.3) is 0 Å². The van der Waals surface area contributed by atoms with E-state index in [-0.39, 0.29) is 18.3 Å². The summed E-state index contributed by atoms with van der Waals surface area (Å²) in [5.41, 5.74) is 0.653. The van der Waals surface area contributed by atoms with Gasteiger partial charge in [-0.25, -0.2) is 4.98 Å². The molecule has 1 amide bonds. The third-order valence-electron chi connectivity index (χ3n) is 2.74. The highest BCUT2D eigenvalue weighted by atomic mass is 79.9. The molecule has 96 valence electrons. The number of methoxy groups -OCH3 is 1. The minimum absolute atomic E-state index is 0.106. The molecule has 1 fully saturated rings. The fourth-order valence-electron chi connectivity index (χ4n) is 1.87. The summed E-state index contributed by atoms with van der Waals surface area (Å²) in [5, 5.41) is 0. The van der Waals surface area contributed by atoms with Gasteiger partial charge in [0.05, 0.1) is 18.7 Å². The molecule has 0 aromatic carbocycles. The van der Waals surface area contributed by atoms with Gasteiger partial charge in [-0.3, -0.25) is 9.59 Å². The second kappa shape index (κ2) is 5.36. The fourth-order valence-corrected chi connectivity index (χ4v) is 2.62. The summed E-state index contributed by atoms with van der Waals surface area (Å²) in [6.45, 7) is 0.322. The van der Waals surface area contributed by atoms with Crippen molar-refractivity contribution >= 4 is 49.4 Å². The molecule has 1 aromatic heterocycles. The normalized spacial score (nSPS) is 19.2. The molecule has 1 aliphatic heterocycles. The summed E-state index contributed by atoms with van der Waals surface area (Å²) in [6.07, 6.45) is 1.80. The van der Waals surface area contributed by atoms with Crippen molar-refractivity contribution in [1.82, 2.24) is 4.98 Å². The minimum atomic E-state index is -0.409. The SMILES string of the molecule is COC(=O)C1CC(=O)N(c2cc(Br)cnc2Br)C1. The lowest BCUT2D eigenvalue weighted by Crippen LogP contribution is -2.26. The molecular formula is C11H10Br2N2O3. The summed E-state index contributed by atoms with van der Waals surface area (Å²) in [5.74, 6) is -0.871. The van der Waals surface area contributed by atoms with Gasteiger partial charge in [-0.15, -0.1) is 0 Å². The Morgan fingerprint density at radius 1 is 1.56 bits per heavy atom. The van der Waals surface area contributed by atoms with Gasteiger partial charge in [-0.2, -0.15) is 0 Å². The van der Waals surface area contributed by atoms with Crippen molar-refractivity contribution < 1.29 is 14.3 Å². The Kier molecular flexibility index (Phi) is 4.01. The largest absolute Gasteiger partial charge is 0.469 e. The number of nitrogens with zero attached hydrogens (tertiary/aromatic N) is 2. The molecule has 7 heteroatoms. The second-order valence-electron chi connectivity index (χ2n) is 3.89. The highest BCUT2D eigenvalue weighted by Gasteiger charge is 2.36. The van der Waals surface area contributed by atoms with E-state index in [0.717, 1.165) is 4.47 Å². The van der Waals surface area contributed by atoms with E-state index in [4.69, 9.17) is 0 Å². The molecule has 0 radical (unpaired) electrons. The zero-order valence-corrected chi connectivity index (χ0v) is 12.7. The van der Waals surface area contributed by atoms with Crippen LogP contribution in [0.25, 0.3) is 0 Å². The molecular weight excluding hydrogens is 368 g/mol. The Labute approximate surface area is 121 Å². The highest BCUT2D eigenvalue weighted by molar-refractivity contribution is 9.11. The van der Waals surface area contributed by atoms with Crippen LogP contribution in [0.3, 0.4) is 0 Å². The van der Waals surface area contributed by atoms with Crippen molar-refractivity contribution in [1.29, 1.82) is 0 Å². The van der Waals surface area contributed by atoms with Crippen LogP contribution in [0.2, 0.25) is 0 Å². The number of carbonyl (C=O) groups excluding carboxylic acids is 2. The molecule has 0 aliphatic carbocycles.